The number of piperidine rings is 1. The number of carbonyl (C=O) groups is 4. The Kier molecular flexibility index (Phi) is 17.4. The van der Waals surface area contributed by atoms with Crippen LogP contribution in [0.25, 0.3) is 0 Å². The van der Waals surface area contributed by atoms with E-state index in [2.05, 4.69) is 26.3 Å². The third-order valence-electron chi connectivity index (χ3n) is 6.85. The van der Waals surface area contributed by atoms with Crippen LogP contribution in [0, 0.1) is 0 Å². The zero-order chi connectivity index (χ0) is 31.0. The highest BCUT2D eigenvalue weighted by Crippen LogP contribution is 2.21. The molecule has 1 amide bonds. The first-order valence-electron chi connectivity index (χ1n) is 14.2. The van der Waals surface area contributed by atoms with Gasteiger partial charge in [0.2, 0.25) is 5.91 Å². The molecular weight excluding hydrogens is 576 g/mol. The Hall–Kier alpha value is -4.64. The molecule has 3 heterocycles. The molecule has 0 aliphatic carbocycles. The summed E-state index contributed by atoms with van der Waals surface area (Å²) in [6.45, 7) is 4.77. The van der Waals surface area contributed by atoms with Crippen LogP contribution in [0.1, 0.15) is 89.9 Å². The number of nitrogens with zero attached hydrogens (tertiary/aromatic N) is 3. The van der Waals surface area contributed by atoms with Crippen molar-refractivity contribution in [2.75, 3.05) is 26.8 Å². The minimum Gasteiger partial charge on any atom is -0.496 e. The number of carboxylic acids is 1. The predicted molar refractivity (Wildman–Crippen MR) is 173 cm³/mol. The summed E-state index contributed by atoms with van der Waals surface area (Å²) in [4.78, 5) is 55.1. The number of aromatic nitrogens is 2. The number of rotatable bonds is 12. The summed E-state index contributed by atoms with van der Waals surface area (Å²) in [7, 11) is 1.69. The Bertz CT molecular complexity index is 1370. The first-order valence-corrected chi connectivity index (χ1v) is 14.2. The van der Waals surface area contributed by atoms with Crippen LogP contribution in [0.2, 0.25) is 0 Å². The van der Waals surface area contributed by atoms with E-state index in [1.165, 1.54) is 36.2 Å². The van der Waals surface area contributed by atoms with Crippen molar-refractivity contribution in [2.24, 2.45) is 0 Å². The van der Waals surface area contributed by atoms with Crippen molar-refractivity contribution in [1.29, 1.82) is 0 Å². The van der Waals surface area contributed by atoms with Crippen LogP contribution in [-0.4, -0.2) is 77.0 Å². The summed E-state index contributed by atoms with van der Waals surface area (Å²) in [5.74, 6) is -0.440. The number of aldehydes is 1. The highest BCUT2D eigenvalue weighted by molar-refractivity contribution is 5.91. The fourth-order valence-electron chi connectivity index (χ4n) is 4.64. The number of carboxylic acid groups (broad SMARTS) is 1. The lowest BCUT2D eigenvalue weighted by molar-refractivity contribution is -0.122. The van der Waals surface area contributed by atoms with Gasteiger partial charge >= 0.3 is 11.9 Å². The largest absolute Gasteiger partial charge is 0.496 e. The van der Waals surface area contributed by atoms with Gasteiger partial charge in [-0.05, 0) is 62.9 Å². The topological polar surface area (TPSA) is 148 Å². The van der Waals surface area contributed by atoms with E-state index in [4.69, 9.17) is 14.6 Å². The predicted octanol–water partition coefficient (Wildman–Crippen LogP) is 5.23. The number of ether oxygens (including phenoxy) is 2. The molecule has 1 aromatic carbocycles. The minimum atomic E-state index is -0.964. The number of methoxy groups -OCH3 is 1. The molecule has 0 radical (unpaired) electrons. The standard InChI is InChI=1S/C23H29N3O4.C9H9NO3.2CH4/c1-30-21-7-3-2-5-18(21)16-26-13-10-19(11-14-26)25-22(27)8-4-6-20-15-17(23(28)29)9-12-24-20;1-2-13-9(12)7-3-4-10-8(5-7)6-11;;/h2-3,5,7,9,12,15,19H,4,6,8,10-11,13-14,16H2,1H3,(H,25,27)(H,28,29);3-6H,2H2,1H3;2*1H4. The average Bonchev–Trinajstić information content (AvgIpc) is 3.03. The first kappa shape index (κ1) is 38.4. The van der Waals surface area contributed by atoms with Crippen LogP contribution in [0.3, 0.4) is 0 Å². The maximum absolute atomic E-state index is 12.3. The molecule has 1 aliphatic rings. The number of nitrogens with one attached hydrogen (secondary N) is 1. The molecule has 45 heavy (non-hydrogen) atoms. The summed E-state index contributed by atoms with van der Waals surface area (Å²) >= 11 is 0. The molecule has 0 bridgehead atoms. The summed E-state index contributed by atoms with van der Waals surface area (Å²) in [6.07, 6.45) is 7.00. The fraction of sp³-hybridized carbons (Fsp3) is 0.412. The number of aromatic carboxylic acids is 1. The van der Waals surface area contributed by atoms with Gasteiger partial charge in [0.05, 0.1) is 24.8 Å². The number of pyridine rings is 2. The Morgan fingerprint density at radius 3 is 2.38 bits per heavy atom. The van der Waals surface area contributed by atoms with Crippen LogP contribution in [0.5, 0.6) is 5.75 Å². The molecule has 1 saturated heterocycles. The molecule has 1 aliphatic heterocycles. The van der Waals surface area contributed by atoms with E-state index in [1.54, 1.807) is 20.1 Å². The van der Waals surface area contributed by atoms with E-state index in [9.17, 15) is 19.2 Å². The van der Waals surface area contributed by atoms with Gasteiger partial charge < -0.3 is 19.9 Å². The lowest BCUT2D eigenvalue weighted by Crippen LogP contribution is -2.44. The normalized spacial score (nSPS) is 12.7. The van der Waals surface area contributed by atoms with Crippen molar-refractivity contribution in [2.45, 2.75) is 66.5 Å². The Morgan fingerprint density at radius 2 is 1.71 bits per heavy atom. The van der Waals surface area contributed by atoms with Gasteiger partial charge in [0.15, 0.2) is 6.29 Å². The second-order valence-electron chi connectivity index (χ2n) is 9.93. The minimum absolute atomic E-state index is 0. The van der Waals surface area contributed by atoms with Crippen molar-refractivity contribution in [3.05, 3.63) is 89.0 Å². The molecule has 1 fully saturated rings. The van der Waals surface area contributed by atoms with Gasteiger partial charge in [-0.3, -0.25) is 24.5 Å². The first-order chi connectivity index (χ1) is 20.8. The number of esters is 1. The lowest BCUT2D eigenvalue weighted by atomic mass is 10.0. The molecule has 2 aromatic heterocycles. The molecular formula is C34H46N4O7. The molecule has 11 nitrogen and oxygen atoms in total. The summed E-state index contributed by atoms with van der Waals surface area (Å²) < 4.78 is 10.2. The monoisotopic (exact) mass is 622 g/mol. The number of benzene rings is 1. The van der Waals surface area contributed by atoms with Crippen LogP contribution in [-0.2, 0) is 22.5 Å². The van der Waals surface area contributed by atoms with E-state index in [0.29, 0.717) is 43.4 Å². The van der Waals surface area contributed by atoms with E-state index < -0.39 is 11.9 Å². The van der Waals surface area contributed by atoms with E-state index in [0.717, 1.165) is 38.2 Å². The van der Waals surface area contributed by atoms with Gasteiger partial charge in [-0.25, -0.2) is 9.59 Å². The molecule has 4 rings (SSSR count). The zero-order valence-electron chi connectivity index (χ0n) is 24.5. The molecule has 3 aromatic rings. The number of carbonyl (C=O) groups excluding carboxylic acids is 3. The van der Waals surface area contributed by atoms with Crippen LogP contribution < -0.4 is 10.1 Å². The molecule has 2 N–H and O–H groups in total. The SMILES string of the molecule is C.C.CCOC(=O)c1ccnc(C=O)c1.COc1ccccc1CN1CCC(NC(=O)CCCc2cc(C(=O)O)ccn2)CC1. The van der Waals surface area contributed by atoms with Gasteiger partial charge in [0.1, 0.15) is 11.4 Å². The fourth-order valence-corrected chi connectivity index (χ4v) is 4.64. The molecule has 0 spiro atoms. The number of amides is 1. The number of aryl methyl sites for hydroxylation is 1. The number of para-hydroxylation sites is 1. The van der Waals surface area contributed by atoms with E-state index in [-0.39, 0.29) is 38.1 Å². The Labute approximate surface area is 266 Å². The number of hydrogen-bond acceptors (Lipinski definition) is 9. The van der Waals surface area contributed by atoms with Crippen molar-refractivity contribution in [1.82, 2.24) is 20.2 Å². The Morgan fingerprint density at radius 1 is 1.02 bits per heavy atom. The van der Waals surface area contributed by atoms with Gasteiger partial charge in [-0.1, -0.05) is 33.1 Å². The van der Waals surface area contributed by atoms with Gasteiger partial charge in [0.25, 0.3) is 0 Å². The zero-order valence-corrected chi connectivity index (χ0v) is 24.5. The smallest absolute Gasteiger partial charge is 0.338 e. The van der Waals surface area contributed by atoms with Crippen molar-refractivity contribution >= 4 is 24.1 Å². The third kappa shape index (κ3) is 12.9. The van der Waals surface area contributed by atoms with E-state index >= 15 is 0 Å². The maximum atomic E-state index is 12.3. The average molecular weight is 623 g/mol. The molecule has 0 unspecified atom stereocenters. The second kappa shape index (κ2) is 20.3. The quantitative estimate of drug-likeness (QED) is 0.203. The highest BCUT2D eigenvalue weighted by Gasteiger charge is 2.21. The highest BCUT2D eigenvalue weighted by atomic mass is 16.5. The van der Waals surface area contributed by atoms with Gasteiger partial charge in [0, 0.05) is 55.7 Å². The van der Waals surface area contributed by atoms with Crippen molar-refractivity contribution in [3.8, 4) is 5.75 Å². The summed E-state index contributed by atoms with van der Waals surface area (Å²) in [5, 5.41) is 12.2. The molecule has 0 atom stereocenters. The maximum Gasteiger partial charge on any atom is 0.338 e. The number of likely N-dealkylation sites (tertiary alicyclic amines) is 1. The summed E-state index contributed by atoms with van der Waals surface area (Å²) in [6, 6.07) is 14.2. The van der Waals surface area contributed by atoms with Gasteiger partial charge in [-0.15, -0.1) is 0 Å². The molecule has 244 valence electrons. The van der Waals surface area contributed by atoms with Crippen molar-refractivity contribution < 1.29 is 33.8 Å². The second-order valence-corrected chi connectivity index (χ2v) is 9.93. The van der Waals surface area contributed by atoms with Crippen LogP contribution in [0.15, 0.2) is 60.9 Å². The van der Waals surface area contributed by atoms with Crippen LogP contribution in [0.4, 0.5) is 0 Å². The van der Waals surface area contributed by atoms with Crippen molar-refractivity contribution in [3.63, 3.8) is 0 Å². The molecule has 0 saturated carbocycles. The van der Waals surface area contributed by atoms with Gasteiger partial charge in [-0.2, -0.15) is 0 Å². The lowest BCUT2D eigenvalue weighted by Gasteiger charge is -2.32. The number of hydrogen-bond donors (Lipinski definition) is 2. The Balaban J connectivity index is 0.000000571. The van der Waals surface area contributed by atoms with E-state index in [1.807, 2.05) is 18.2 Å². The third-order valence-corrected chi connectivity index (χ3v) is 6.85. The molecule has 11 heteroatoms. The van der Waals surface area contributed by atoms with Crippen LogP contribution >= 0.6 is 0 Å². The summed E-state index contributed by atoms with van der Waals surface area (Å²) in [5.41, 5.74) is 2.68.